The zero-order valence-electron chi connectivity index (χ0n) is 9.16. The minimum absolute atomic E-state index is 0.384. The molecule has 1 unspecified atom stereocenters. The molecule has 0 aliphatic carbocycles. The van der Waals surface area contributed by atoms with Gasteiger partial charge in [-0.25, -0.2) is 0 Å². The number of benzene rings is 1. The standard InChI is InChI=1S/C12H17ClO2/c1-9-3-4-10(12(13)7-9)8-11(14)5-6-15-2/h3-4,7,11,14H,5-6,8H2,1-2H3. The lowest BCUT2D eigenvalue weighted by atomic mass is 10.0. The summed E-state index contributed by atoms with van der Waals surface area (Å²) in [7, 11) is 1.63. The van der Waals surface area contributed by atoms with E-state index in [1.165, 1.54) is 0 Å². The second kappa shape index (κ2) is 6.11. The van der Waals surface area contributed by atoms with Crippen molar-refractivity contribution in [1.82, 2.24) is 0 Å². The van der Waals surface area contributed by atoms with Crippen molar-refractivity contribution in [3.05, 3.63) is 34.3 Å². The first-order valence-electron chi connectivity index (χ1n) is 5.05. The van der Waals surface area contributed by atoms with Gasteiger partial charge in [-0.3, -0.25) is 0 Å². The molecule has 0 bridgehead atoms. The van der Waals surface area contributed by atoms with Crippen LogP contribution >= 0.6 is 11.6 Å². The maximum atomic E-state index is 9.69. The lowest BCUT2D eigenvalue weighted by Crippen LogP contribution is -2.13. The van der Waals surface area contributed by atoms with E-state index in [-0.39, 0.29) is 6.10 Å². The molecule has 0 aliphatic rings. The zero-order chi connectivity index (χ0) is 11.3. The highest BCUT2D eigenvalue weighted by Crippen LogP contribution is 2.19. The summed E-state index contributed by atoms with van der Waals surface area (Å²) < 4.78 is 4.91. The molecule has 1 aromatic rings. The molecule has 1 N–H and O–H groups in total. The van der Waals surface area contributed by atoms with Gasteiger partial charge >= 0.3 is 0 Å². The fraction of sp³-hybridized carbons (Fsp3) is 0.500. The second-order valence-corrected chi connectivity index (χ2v) is 4.14. The number of methoxy groups -OCH3 is 1. The Bertz CT molecular complexity index is 312. The summed E-state index contributed by atoms with van der Waals surface area (Å²) >= 11 is 6.07. The van der Waals surface area contributed by atoms with E-state index in [9.17, 15) is 5.11 Å². The maximum Gasteiger partial charge on any atom is 0.0603 e. The molecule has 0 fully saturated rings. The summed E-state index contributed by atoms with van der Waals surface area (Å²) in [4.78, 5) is 0. The molecule has 0 radical (unpaired) electrons. The number of hydrogen-bond donors (Lipinski definition) is 1. The largest absolute Gasteiger partial charge is 0.393 e. The molecule has 0 saturated heterocycles. The van der Waals surface area contributed by atoms with Gasteiger partial charge in [-0.1, -0.05) is 23.7 Å². The highest BCUT2D eigenvalue weighted by Gasteiger charge is 2.08. The van der Waals surface area contributed by atoms with Gasteiger partial charge in [0.25, 0.3) is 0 Å². The Morgan fingerprint density at radius 2 is 2.20 bits per heavy atom. The van der Waals surface area contributed by atoms with Crippen molar-refractivity contribution in [2.24, 2.45) is 0 Å². The van der Waals surface area contributed by atoms with Crippen molar-refractivity contribution in [1.29, 1.82) is 0 Å². The fourth-order valence-corrected chi connectivity index (χ4v) is 1.74. The van der Waals surface area contributed by atoms with Crippen molar-refractivity contribution < 1.29 is 9.84 Å². The maximum absolute atomic E-state index is 9.69. The van der Waals surface area contributed by atoms with Crippen LogP contribution in [0, 0.1) is 6.92 Å². The number of ether oxygens (including phenoxy) is 1. The van der Waals surface area contributed by atoms with Gasteiger partial charge in [0.1, 0.15) is 0 Å². The highest BCUT2D eigenvalue weighted by molar-refractivity contribution is 6.31. The molecule has 1 rings (SSSR count). The molecule has 0 amide bonds. The molecular formula is C12H17ClO2. The average molecular weight is 229 g/mol. The van der Waals surface area contributed by atoms with Gasteiger partial charge in [0, 0.05) is 18.7 Å². The summed E-state index contributed by atoms with van der Waals surface area (Å²) in [5.74, 6) is 0. The van der Waals surface area contributed by atoms with Crippen LogP contribution in [0.5, 0.6) is 0 Å². The lowest BCUT2D eigenvalue weighted by Gasteiger charge is -2.11. The molecule has 0 saturated carbocycles. The Kier molecular flexibility index (Phi) is 5.09. The van der Waals surface area contributed by atoms with Gasteiger partial charge in [0.05, 0.1) is 6.10 Å². The van der Waals surface area contributed by atoms with Crippen molar-refractivity contribution in [3.63, 3.8) is 0 Å². The van der Waals surface area contributed by atoms with E-state index in [2.05, 4.69) is 0 Å². The predicted octanol–water partition coefficient (Wildman–Crippen LogP) is 2.59. The first kappa shape index (κ1) is 12.5. The molecule has 0 aromatic heterocycles. The van der Waals surface area contributed by atoms with Gasteiger partial charge in [0.15, 0.2) is 0 Å². The quantitative estimate of drug-likeness (QED) is 0.840. The predicted molar refractivity (Wildman–Crippen MR) is 62.4 cm³/mol. The summed E-state index contributed by atoms with van der Waals surface area (Å²) in [5.41, 5.74) is 2.13. The third-order valence-corrected chi connectivity index (χ3v) is 2.67. The summed E-state index contributed by atoms with van der Waals surface area (Å²) in [6.45, 7) is 2.57. The van der Waals surface area contributed by atoms with Crippen LogP contribution in [0.4, 0.5) is 0 Å². The van der Waals surface area contributed by atoms with Gasteiger partial charge in [-0.05, 0) is 37.0 Å². The minimum atomic E-state index is -0.384. The van der Waals surface area contributed by atoms with E-state index in [0.29, 0.717) is 19.4 Å². The van der Waals surface area contributed by atoms with Gasteiger partial charge in [-0.2, -0.15) is 0 Å². The number of aliphatic hydroxyl groups excluding tert-OH is 1. The van der Waals surface area contributed by atoms with E-state index in [1.54, 1.807) is 7.11 Å². The number of aryl methyl sites for hydroxylation is 1. The molecular weight excluding hydrogens is 212 g/mol. The van der Waals surface area contributed by atoms with Crippen LogP contribution in [0.2, 0.25) is 5.02 Å². The normalized spacial score (nSPS) is 12.8. The van der Waals surface area contributed by atoms with E-state index >= 15 is 0 Å². The van der Waals surface area contributed by atoms with Crippen molar-refractivity contribution in [3.8, 4) is 0 Å². The third-order valence-electron chi connectivity index (χ3n) is 2.32. The first-order valence-corrected chi connectivity index (χ1v) is 5.43. The SMILES string of the molecule is COCCC(O)Cc1ccc(C)cc1Cl. The van der Waals surface area contributed by atoms with Crippen LogP contribution in [0.25, 0.3) is 0 Å². The molecule has 15 heavy (non-hydrogen) atoms. The van der Waals surface area contributed by atoms with Gasteiger partial charge < -0.3 is 9.84 Å². The Labute approximate surface area is 95.8 Å². The van der Waals surface area contributed by atoms with Crippen molar-refractivity contribution in [2.45, 2.75) is 25.9 Å². The number of aliphatic hydroxyl groups is 1. The fourth-order valence-electron chi connectivity index (χ4n) is 1.43. The van der Waals surface area contributed by atoms with Crippen LogP contribution < -0.4 is 0 Å². The lowest BCUT2D eigenvalue weighted by molar-refractivity contribution is 0.110. The summed E-state index contributed by atoms with van der Waals surface area (Å²) in [5, 5.41) is 10.4. The first-order chi connectivity index (χ1) is 7.13. The smallest absolute Gasteiger partial charge is 0.0603 e. The van der Waals surface area contributed by atoms with Crippen molar-refractivity contribution >= 4 is 11.6 Å². The molecule has 0 heterocycles. The highest BCUT2D eigenvalue weighted by atomic mass is 35.5. The van der Waals surface area contributed by atoms with Crippen LogP contribution in [0.15, 0.2) is 18.2 Å². The zero-order valence-corrected chi connectivity index (χ0v) is 9.92. The average Bonchev–Trinajstić information content (AvgIpc) is 2.19. The van der Waals surface area contributed by atoms with E-state index in [0.717, 1.165) is 16.1 Å². The van der Waals surface area contributed by atoms with Gasteiger partial charge in [-0.15, -0.1) is 0 Å². The molecule has 2 nitrogen and oxygen atoms in total. The second-order valence-electron chi connectivity index (χ2n) is 3.73. The monoisotopic (exact) mass is 228 g/mol. The molecule has 0 spiro atoms. The van der Waals surface area contributed by atoms with E-state index in [4.69, 9.17) is 16.3 Å². The Morgan fingerprint density at radius 3 is 2.80 bits per heavy atom. The van der Waals surface area contributed by atoms with Crippen LogP contribution in [0.3, 0.4) is 0 Å². The Morgan fingerprint density at radius 1 is 1.47 bits per heavy atom. The molecule has 1 aromatic carbocycles. The molecule has 1 atom stereocenters. The van der Waals surface area contributed by atoms with E-state index in [1.807, 2.05) is 25.1 Å². The van der Waals surface area contributed by atoms with Crippen molar-refractivity contribution in [2.75, 3.05) is 13.7 Å². The minimum Gasteiger partial charge on any atom is -0.393 e. The topological polar surface area (TPSA) is 29.5 Å². The summed E-state index contributed by atoms with van der Waals surface area (Å²) in [6, 6.07) is 5.89. The third kappa shape index (κ3) is 4.20. The Hall–Kier alpha value is -0.570. The molecule has 0 aliphatic heterocycles. The van der Waals surface area contributed by atoms with Gasteiger partial charge in [0.2, 0.25) is 0 Å². The van der Waals surface area contributed by atoms with Crippen LogP contribution in [-0.2, 0) is 11.2 Å². The number of hydrogen-bond acceptors (Lipinski definition) is 2. The number of halogens is 1. The molecule has 84 valence electrons. The van der Waals surface area contributed by atoms with Crippen LogP contribution in [-0.4, -0.2) is 24.9 Å². The Balaban J connectivity index is 2.56. The van der Waals surface area contributed by atoms with E-state index < -0.39 is 0 Å². The van der Waals surface area contributed by atoms with Crippen LogP contribution in [0.1, 0.15) is 17.5 Å². The molecule has 3 heteroatoms. The number of rotatable bonds is 5. The summed E-state index contributed by atoms with van der Waals surface area (Å²) in [6.07, 6.45) is 0.841.